The van der Waals surface area contributed by atoms with Crippen molar-refractivity contribution in [3.8, 4) is 5.75 Å². The molecule has 2 aromatic heterocycles. The summed E-state index contributed by atoms with van der Waals surface area (Å²) in [5.41, 5.74) is 1.70. The number of nitrogens with zero attached hydrogens (tertiary/aromatic N) is 3. The van der Waals surface area contributed by atoms with E-state index in [1.807, 2.05) is 24.3 Å². The van der Waals surface area contributed by atoms with Gasteiger partial charge >= 0.3 is 0 Å². The second kappa shape index (κ2) is 9.13. The largest absolute Gasteiger partial charge is 0.489 e. The molecule has 0 saturated carbocycles. The van der Waals surface area contributed by atoms with E-state index >= 15 is 0 Å². The molecule has 9 heteroatoms. The quantitative estimate of drug-likeness (QED) is 0.400. The molecule has 0 aliphatic heterocycles. The number of carbonyl (C=O) groups is 1. The van der Waals surface area contributed by atoms with Crippen molar-refractivity contribution in [1.29, 1.82) is 0 Å². The van der Waals surface area contributed by atoms with E-state index in [2.05, 4.69) is 31.5 Å². The molecule has 0 bridgehead atoms. The van der Waals surface area contributed by atoms with Crippen LogP contribution in [0.5, 0.6) is 5.75 Å². The number of hydrogen-bond donors (Lipinski definition) is 1. The minimum Gasteiger partial charge on any atom is -0.489 e. The van der Waals surface area contributed by atoms with Gasteiger partial charge in [-0.05, 0) is 48.9 Å². The van der Waals surface area contributed by atoms with Crippen LogP contribution in [0.25, 0.3) is 0 Å². The third-order valence-corrected chi connectivity index (χ3v) is 5.07. The average Bonchev–Trinajstić information content (AvgIpc) is 3.35. The topological polar surface area (TPSA) is 82.2 Å². The molecule has 2 aromatic carbocycles. The predicted octanol–water partition coefficient (Wildman–Crippen LogP) is 4.96. The van der Waals surface area contributed by atoms with Gasteiger partial charge in [-0.3, -0.25) is 9.48 Å². The van der Waals surface area contributed by atoms with Gasteiger partial charge in [0.05, 0.1) is 12.1 Å². The van der Waals surface area contributed by atoms with Crippen molar-refractivity contribution in [2.24, 2.45) is 0 Å². The normalized spacial score (nSPS) is 10.8. The number of carbonyl (C=O) groups excluding carboxylic acids is 1. The summed E-state index contributed by atoms with van der Waals surface area (Å²) in [5.74, 6) is 0.526. The number of ether oxygens (including phenoxy) is 1. The van der Waals surface area contributed by atoms with E-state index in [1.165, 1.54) is 24.3 Å². The fourth-order valence-corrected chi connectivity index (χ4v) is 3.16. The molecular formula is C22H18BrFN4O3. The van der Waals surface area contributed by atoms with E-state index in [4.69, 9.17) is 9.26 Å². The molecule has 31 heavy (non-hydrogen) atoms. The summed E-state index contributed by atoms with van der Waals surface area (Å²) in [6.45, 7) is 2.32. The number of amides is 1. The molecule has 1 N–H and O–H groups in total. The van der Waals surface area contributed by atoms with E-state index in [0.29, 0.717) is 29.4 Å². The van der Waals surface area contributed by atoms with E-state index in [9.17, 15) is 9.18 Å². The van der Waals surface area contributed by atoms with Gasteiger partial charge in [-0.15, -0.1) is 0 Å². The highest BCUT2D eigenvalue weighted by Crippen LogP contribution is 2.19. The van der Waals surface area contributed by atoms with Crippen molar-refractivity contribution in [3.05, 3.63) is 93.7 Å². The summed E-state index contributed by atoms with van der Waals surface area (Å²) in [5, 5.41) is 11.0. The zero-order chi connectivity index (χ0) is 21.8. The van der Waals surface area contributed by atoms with Crippen LogP contribution in [0.1, 0.15) is 27.4 Å². The van der Waals surface area contributed by atoms with Crippen LogP contribution in [0.2, 0.25) is 0 Å². The van der Waals surface area contributed by atoms with Crippen LogP contribution < -0.4 is 10.1 Å². The Balaban J connectivity index is 1.41. The Kier molecular flexibility index (Phi) is 6.13. The Morgan fingerprint density at radius 3 is 2.65 bits per heavy atom. The maximum Gasteiger partial charge on any atom is 0.279 e. The lowest BCUT2D eigenvalue weighted by atomic mass is 10.2. The van der Waals surface area contributed by atoms with Gasteiger partial charge in [-0.1, -0.05) is 33.2 Å². The fraction of sp³-hybridized carbons (Fsp3) is 0.136. The first-order valence-corrected chi connectivity index (χ1v) is 10.2. The molecule has 0 saturated heterocycles. The summed E-state index contributed by atoms with van der Waals surface area (Å²) in [4.78, 5) is 12.7. The van der Waals surface area contributed by atoms with Crippen LogP contribution in [0.4, 0.5) is 10.2 Å². The standard InChI is InChI=1S/C22H18BrFN4O3/c1-14-19(13-30-18-8-6-17(24)7-9-18)21(27-31-14)22(29)25-20-10-11-28(26-20)12-15-2-4-16(23)5-3-15/h2-11H,12-13H2,1H3,(H,25,26,29). The lowest BCUT2D eigenvalue weighted by molar-refractivity contribution is 0.101. The molecule has 1 amide bonds. The highest BCUT2D eigenvalue weighted by atomic mass is 79.9. The second-order valence-corrected chi connectivity index (χ2v) is 7.70. The minimum absolute atomic E-state index is 0.0573. The number of hydrogen-bond acceptors (Lipinski definition) is 5. The summed E-state index contributed by atoms with van der Waals surface area (Å²) < 4.78 is 26.6. The van der Waals surface area contributed by atoms with E-state index in [0.717, 1.165) is 10.0 Å². The summed E-state index contributed by atoms with van der Waals surface area (Å²) in [6, 6.07) is 15.2. The van der Waals surface area contributed by atoms with Gasteiger partial charge in [-0.2, -0.15) is 5.10 Å². The Bertz CT molecular complexity index is 1190. The molecule has 0 spiro atoms. The van der Waals surface area contributed by atoms with Crippen molar-refractivity contribution < 1.29 is 18.4 Å². The van der Waals surface area contributed by atoms with Crippen LogP contribution >= 0.6 is 15.9 Å². The van der Waals surface area contributed by atoms with Gasteiger partial charge in [0, 0.05) is 16.7 Å². The third kappa shape index (κ3) is 5.18. The monoisotopic (exact) mass is 484 g/mol. The predicted molar refractivity (Wildman–Crippen MR) is 115 cm³/mol. The number of halogens is 2. The second-order valence-electron chi connectivity index (χ2n) is 6.79. The maximum atomic E-state index is 13.0. The van der Waals surface area contributed by atoms with Crippen LogP contribution in [0.15, 0.2) is 69.8 Å². The van der Waals surface area contributed by atoms with Crippen molar-refractivity contribution in [2.45, 2.75) is 20.1 Å². The first kappa shape index (κ1) is 20.8. The molecule has 2 heterocycles. The molecule has 0 radical (unpaired) electrons. The lowest BCUT2D eigenvalue weighted by Crippen LogP contribution is -2.16. The van der Waals surface area contributed by atoms with Crippen LogP contribution in [0, 0.1) is 12.7 Å². The zero-order valence-electron chi connectivity index (χ0n) is 16.5. The molecule has 158 valence electrons. The van der Waals surface area contributed by atoms with Gasteiger partial charge in [0.25, 0.3) is 5.91 Å². The van der Waals surface area contributed by atoms with Crippen LogP contribution in [-0.2, 0) is 13.2 Å². The van der Waals surface area contributed by atoms with E-state index < -0.39 is 5.91 Å². The molecule has 7 nitrogen and oxygen atoms in total. The Morgan fingerprint density at radius 2 is 1.90 bits per heavy atom. The molecule has 0 atom stereocenters. The SMILES string of the molecule is Cc1onc(C(=O)Nc2ccn(Cc3ccc(Br)cc3)n2)c1COc1ccc(F)cc1. The van der Waals surface area contributed by atoms with Crippen molar-refractivity contribution in [3.63, 3.8) is 0 Å². The molecule has 4 rings (SSSR count). The van der Waals surface area contributed by atoms with Gasteiger partial charge in [0.1, 0.15) is 23.9 Å². The summed E-state index contributed by atoms with van der Waals surface area (Å²) >= 11 is 3.41. The molecule has 0 aliphatic rings. The first-order valence-electron chi connectivity index (χ1n) is 9.41. The number of nitrogens with one attached hydrogen (secondary N) is 1. The van der Waals surface area contributed by atoms with Crippen molar-refractivity contribution in [2.75, 3.05) is 5.32 Å². The molecule has 0 unspecified atom stereocenters. The highest BCUT2D eigenvalue weighted by molar-refractivity contribution is 9.10. The highest BCUT2D eigenvalue weighted by Gasteiger charge is 2.21. The van der Waals surface area contributed by atoms with E-state index in [-0.39, 0.29) is 18.1 Å². The fourth-order valence-electron chi connectivity index (χ4n) is 2.89. The lowest BCUT2D eigenvalue weighted by Gasteiger charge is -2.06. The molecule has 0 fully saturated rings. The Morgan fingerprint density at radius 1 is 1.16 bits per heavy atom. The minimum atomic E-state index is -0.455. The number of anilines is 1. The molecule has 4 aromatic rings. The Hall–Kier alpha value is -3.46. The molecule has 0 aliphatic carbocycles. The van der Waals surface area contributed by atoms with Gasteiger partial charge in [-0.25, -0.2) is 4.39 Å². The maximum absolute atomic E-state index is 13.0. The summed E-state index contributed by atoms with van der Waals surface area (Å²) in [6.07, 6.45) is 1.78. The van der Waals surface area contributed by atoms with Gasteiger partial charge in [0.2, 0.25) is 0 Å². The van der Waals surface area contributed by atoms with Crippen LogP contribution in [0.3, 0.4) is 0 Å². The van der Waals surface area contributed by atoms with Crippen molar-refractivity contribution in [1.82, 2.24) is 14.9 Å². The first-order chi connectivity index (χ1) is 15.0. The molecular weight excluding hydrogens is 467 g/mol. The smallest absolute Gasteiger partial charge is 0.279 e. The number of rotatable bonds is 7. The number of aromatic nitrogens is 3. The van der Waals surface area contributed by atoms with E-state index in [1.54, 1.807) is 23.9 Å². The zero-order valence-corrected chi connectivity index (χ0v) is 18.1. The Labute approximate surface area is 185 Å². The van der Waals surface area contributed by atoms with Gasteiger partial charge in [0.15, 0.2) is 11.5 Å². The number of benzene rings is 2. The van der Waals surface area contributed by atoms with Crippen LogP contribution in [-0.4, -0.2) is 20.8 Å². The van der Waals surface area contributed by atoms with Crippen molar-refractivity contribution >= 4 is 27.7 Å². The van der Waals surface area contributed by atoms with Gasteiger partial charge < -0.3 is 14.6 Å². The third-order valence-electron chi connectivity index (χ3n) is 4.54. The average molecular weight is 485 g/mol. The number of aryl methyl sites for hydroxylation is 1. The summed E-state index contributed by atoms with van der Waals surface area (Å²) in [7, 11) is 0.